The molecule has 1 N–H and O–H groups in total. The van der Waals surface area contributed by atoms with Crippen LogP contribution in [0.1, 0.15) is 23.3 Å². The molecule has 2 fully saturated rings. The van der Waals surface area contributed by atoms with E-state index in [2.05, 4.69) is 9.88 Å². The molecule has 0 unspecified atom stereocenters. The Kier molecular flexibility index (Phi) is 4.83. The van der Waals surface area contributed by atoms with Crippen LogP contribution in [0.15, 0.2) is 42.6 Å². The number of nitrogens with zero attached hydrogens (tertiary/aromatic N) is 2. The third-order valence-corrected chi connectivity index (χ3v) is 5.63. The smallest absolute Gasteiger partial charge is 0.195 e. The van der Waals surface area contributed by atoms with E-state index in [1.165, 1.54) is 12.3 Å². The van der Waals surface area contributed by atoms with E-state index in [-0.39, 0.29) is 17.6 Å². The summed E-state index contributed by atoms with van der Waals surface area (Å²) in [6.07, 6.45) is 3.50. The molecule has 136 valence electrons. The fourth-order valence-corrected chi connectivity index (χ4v) is 4.30. The van der Waals surface area contributed by atoms with Gasteiger partial charge < -0.3 is 9.84 Å². The van der Waals surface area contributed by atoms with Crippen LogP contribution in [0.25, 0.3) is 0 Å². The Morgan fingerprint density at radius 1 is 1.19 bits per heavy atom. The van der Waals surface area contributed by atoms with Gasteiger partial charge in [-0.05, 0) is 48.9 Å². The molecule has 1 aliphatic carbocycles. The first kappa shape index (κ1) is 17.3. The van der Waals surface area contributed by atoms with Crippen molar-refractivity contribution in [3.05, 3.63) is 53.3 Å². The van der Waals surface area contributed by atoms with Crippen molar-refractivity contribution in [1.82, 2.24) is 9.88 Å². The van der Waals surface area contributed by atoms with E-state index in [9.17, 15) is 9.90 Å². The molecular weight excluding hydrogens is 352 g/mol. The number of likely N-dealkylation sites (tertiary alicyclic amines) is 1. The zero-order valence-electron chi connectivity index (χ0n) is 14.3. The molecule has 1 saturated heterocycles. The van der Waals surface area contributed by atoms with Crippen LogP contribution in [0, 0.1) is 11.8 Å². The summed E-state index contributed by atoms with van der Waals surface area (Å²) in [5.74, 6) is 1.94. The van der Waals surface area contributed by atoms with E-state index in [0.717, 1.165) is 31.7 Å². The van der Waals surface area contributed by atoms with Crippen molar-refractivity contribution in [1.29, 1.82) is 0 Å². The molecule has 1 saturated carbocycles. The number of para-hydroxylation sites is 1. The van der Waals surface area contributed by atoms with Gasteiger partial charge in [0, 0.05) is 13.1 Å². The van der Waals surface area contributed by atoms with E-state index >= 15 is 0 Å². The molecule has 0 bridgehead atoms. The summed E-state index contributed by atoms with van der Waals surface area (Å²) in [5, 5.41) is 9.93. The van der Waals surface area contributed by atoms with Crippen LogP contribution in [0.3, 0.4) is 0 Å². The lowest BCUT2D eigenvalue weighted by Crippen LogP contribution is -2.30. The number of benzene rings is 1. The number of Topliss-reactive ketones (excluding diaryl/α,β-unsaturated/α-hetero) is 1. The molecule has 26 heavy (non-hydrogen) atoms. The molecular formula is C20H21ClN2O3. The highest BCUT2D eigenvalue weighted by molar-refractivity contribution is 6.32. The van der Waals surface area contributed by atoms with Gasteiger partial charge in [-0.2, -0.15) is 0 Å². The number of hydrogen-bond donors (Lipinski definition) is 1. The van der Waals surface area contributed by atoms with Crippen LogP contribution in [0.2, 0.25) is 5.02 Å². The highest BCUT2D eigenvalue weighted by atomic mass is 35.5. The number of fused-ring (bicyclic) bond motifs is 1. The van der Waals surface area contributed by atoms with Crippen molar-refractivity contribution in [3.8, 4) is 11.5 Å². The number of aromatic nitrogens is 1. The summed E-state index contributed by atoms with van der Waals surface area (Å²) in [5.41, 5.74) is 0.403. The van der Waals surface area contributed by atoms with Crippen molar-refractivity contribution in [2.75, 3.05) is 19.6 Å². The van der Waals surface area contributed by atoms with E-state index < -0.39 is 0 Å². The highest BCUT2D eigenvalue weighted by Crippen LogP contribution is 2.40. The second kappa shape index (κ2) is 7.25. The number of rotatable bonds is 5. The maximum absolute atomic E-state index is 12.3. The molecule has 1 aliphatic heterocycles. The van der Waals surface area contributed by atoms with Gasteiger partial charge in [0.2, 0.25) is 0 Å². The number of hydrogen-bond acceptors (Lipinski definition) is 5. The molecule has 2 aromatic rings. The summed E-state index contributed by atoms with van der Waals surface area (Å²) >= 11 is 6.18. The SMILES string of the molecule is O=C(CN1C[C@H]2C[C@@H](Oc3ccccc3Cl)C[C@H]2C1)c1ccc(O)cn1. The average Bonchev–Trinajstić information content (AvgIpc) is 3.15. The van der Waals surface area contributed by atoms with Crippen LogP contribution < -0.4 is 4.74 Å². The topological polar surface area (TPSA) is 62.7 Å². The molecule has 4 rings (SSSR count). The highest BCUT2D eigenvalue weighted by Gasteiger charge is 2.42. The molecule has 6 heteroatoms. The second-order valence-electron chi connectivity index (χ2n) is 7.18. The normalized spacial score (nSPS) is 25.2. The molecule has 0 amide bonds. The maximum Gasteiger partial charge on any atom is 0.195 e. The Hall–Kier alpha value is -2.11. The van der Waals surface area contributed by atoms with Crippen LogP contribution in [-0.2, 0) is 0 Å². The summed E-state index contributed by atoms with van der Waals surface area (Å²) in [6, 6.07) is 10.7. The van der Waals surface area contributed by atoms with Gasteiger partial charge in [0.25, 0.3) is 0 Å². The van der Waals surface area contributed by atoms with Crippen LogP contribution in [0.4, 0.5) is 0 Å². The van der Waals surface area contributed by atoms with Crippen molar-refractivity contribution in [3.63, 3.8) is 0 Å². The maximum atomic E-state index is 12.3. The van der Waals surface area contributed by atoms with Crippen molar-refractivity contribution < 1.29 is 14.6 Å². The molecule has 1 aromatic carbocycles. The fraction of sp³-hybridized carbons (Fsp3) is 0.400. The summed E-state index contributed by atoms with van der Waals surface area (Å²) < 4.78 is 6.09. The predicted molar refractivity (Wildman–Crippen MR) is 98.8 cm³/mol. The second-order valence-corrected chi connectivity index (χ2v) is 7.59. The van der Waals surface area contributed by atoms with Crippen molar-refractivity contribution in [2.45, 2.75) is 18.9 Å². The molecule has 0 radical (unpaired) electrons. The van der Waals surface area contributed by atoms with Gasteiger partial charge in [-0.25, -0.2) is 4.98 Å². The Balaban J connectivity index is 1.30. The molecule has 2 aliphatic rings. The van der Waals surface area contributed by atoms with E-state index in [1.807, 2.05) is 24.3 Å². The first-order chi connectivity index (χ1) is 12.6. The minimum Gasteiger partial charge on any atom is -0.506 e. The molecule has 2 heterocycles. The van der Waals surface area contributed by atoms with Gasteiger partial charge in [-0.15, -0.1) is 0 Å². The fourth-order valence-electron chi connectivity index (χ4n) is 4.12. The third-order valence-electron chi connectivity index (χ3n) is 5.31. The number of carbonyl (C=O) groups is 1. The minimum atomic E-state index is -0.00570. The predicted octanol–water partition coefficient (Wildman–Crippen LogP) is 3.41. The van der Waals surface area contributed by atoms with Gasteiger partial charge >= 0.3 is 0 Å². The molecule has 5 nitrogen and oxygen atoms in total. The largest absolute Gasteiger partial charge is 0.506 e. The zero-order chi connectivity index (χ0) is 18.1. The number of aromatic hydroxyl groups is 1. The minimum absolute atomic E-state index is 0.00570. The van der Waals surface area contributed by atoms with E-state index in [0.29, 0.717) is 29.1 Å². The van der Waals surface area contributed by atoms with E-state index in [1.54, 1.807) is 6.07 Å². The van der Waals surface area contributed by atoms with E-state index in [4.69, 9.17) is 16.3 Å². The Bertz CT molecular complexity index is 782. The first-order valence-corrected chi connectivity index (χ1v) is 9.28. The quantitative estimate of drug-likeness (QED) is 0.815. The van der Waals surface area contributed by atoms with Gasteiger partial charge in [-0.1, -0.05) is 23.7 Å². The Morgan fingerprint density at radius 2 is 1.92 bits per heavy atom. The lowest BCUT2D eigenvalue weighted by molar-refractivity contribution is 0.0932. The van der Waals surface area contributed by atoms with Gasteiger partial charge in [0.15, 0.2) is 5.78 Å². The Morgan fingerprint density at radius 3 is 2.58 bits per heavy atom. The first-order valence-electron chi connectivity index (χ1n) is 8.90. The van der Waals surface area contributed by atoms with Gasteiger partial charge in [-0.3, -0.25) is 9.69 Å². The average molecular weight is 373 g/mol. The summed E-state index contributed by atoms with van der Waals surface area (Å²) in [7, 11) is 0. The molecule has 1 aromatic heterocycles. The zero-order valence-corrected chi connectivity index (χ0v) is 15.1. The monoisotopic (exact) mass is 372 g/mol. The molecule has 3 atom stereocenters. The molecule has 0 spiro atoms. The number of carbonyl (C=O) groups excluding carboxylic acids is 1. The number of halogens is 1. The van der Waals surface area contributed by atoms with Crippen LogP contribution in [0.5, 0.6) is 11.5 Å². The van der Waals surface area contributed by atoms with Gasteiger partial charge in [0.05, 0.1) is 23.9 Å². The lowest BCUT2D eigenvalue weighted by atomic mass is 10.0. The summed E-state index contributed by atoms with van der Waals surface area (Å²) in [4.78, 5) is 18.6. The van der Waals surface area contributed by atoms with Crippen molar-refractivity contribution in [2.24, 2.45) is 11.8 Å². The van der Waals surface area contributed by atoms with Gasteiger partial charge in [0.1, 0.15) is 17.2 Å². The third kappa shape index (κ3) is 3.69. The summed E-state index contributed by atoms with van der Waals surface area (Å²) in [6.45, 7) is 2.20. The lowest BCUT2D eigenvalue weighted by Gasteiger charge is -2.19. The Labute approximate surface area is 157 Å². The standard InChI is InChI=1S/C20H21ClN2O3/c21-17-3-1-2-4-20(17)26-16-7-13-10-23(11-14(13)8-16)12-19(25)18-6-5-15(24)9-22-18/h1-6,9,13-14,16,24H,7-8,10-12H2/t13-,14+,16-. The van der Waals surface area contributed by atoms with Crippen molar-refractivity contribution >= 4 is 17.4 Å². The number of ketones is 1. The van der Waals surface area contributed by atoms with Crippen LogP contribution in [-0.4, -0.2) is 46.5 Å². The number of pyridine rings is 1. The van der Waals surface area contributed by atoms with Crippen LogP contribution >= 0.6 is 11.6 Å². The number of ether oxygens (including phenoxy) is 1.